The molecular formula is C23H19ClN2O5S2. The molecule has 1 aromatic heterocycles. The fourth-order valence-electron chi connectivity index (χ4n) is 3.04. The summed E-state index contributed by atoms with van der Waals surface area (Å²) < 4.78 is 11.6. The van der Waals surface area contributed by atoms with Crippen molar-refractivity contribution in [2.75, 3.05) is 18.1 Å². The summed E-state index contributed by atoms with van der Waals surface area (Å²) in [4.78, 5) is 23.2. The van der Waals surface area contributed by atoms with Gasteiger partial charge in [-0.3, -0.25) is 4.79 Å². The maximum atomic E-state index is 12.0. The zero-order chi connectivity index (χ0) is 23.2. The van der Waals surface area contributed by atoms with Crippen LogP contribution in [-0.4, -0.2) is 41.3 Å². The van der Waals surface area contributed by atoms with E-state index < -0.39 is 11.9 Å². The average molecular weight is 503 g/mol. The van der Waals surface area contributed by atoms with Crippen molar-refractivity contribution in [1.82, 2.24) is 5.43 Å². The highest BCUT2D eigenvalue weighted by Crippen LogP contribution is 2.45. The normalized spacial score (nSPS) is 14.0. The molecule has 3 aromatic rings. The molecule has 1 aliphatic rings. The van der Waals surface area contributed by atoms with E-state index >= 15 is 0 Å². The van der Waals surface area contributed by atoms with Crippen molar-refractivity contribution >= 4 is 53.2 Å². The quantitative estimate of drug-likeness (QED) is 0.318. The summed E-state index contributed by atoms with van der Waals surface area (Å²) in [5.41, 5.74) is 4.18. The molecule has 4 rings (SSSR count). The Bertz CT molecular complexity index is 1170. The maximum absolute atomic E-state index is 12.0. The second kappa shape index (κ2) is 10.8. The number of thioether (sulfide) groups is 2. The molecule has 33 heavy (non-hydrogen) atoms. The minimum Gasteiger partial charge on any atom is -0.484 e. The second-order valence-electron chi connectivity index (χ2n) is 6.93. The lowest BCUT2D eigenvalue weighted by molar-refractivity contribution is -0.123. The second-order valence-corrected chi connectivity index (χ2v) is 10.1. The molecule has 10 heteroatoms. The number of benzene rings is 2. The molecule has 1 saturated heterocycles. The lowest BCUT2D eigenvalue weighted by Gasteiger charge is -2.09. The summed E-state index contributed by atoms with van der Waals surface area (Å²) in [6.07, 6.45) is 1.35. The minimum absolute atomic E-state index is 0.0148. The zero-order valence-corrected chi connectivity index (χ0v) is 19.6. The number of nitrogens with one attached hydrogen (secondary N) is 1. The van der Waals surface area contributed by atoms with E-state index in [1.807, 2.05) is 47.8 Å². The van der Waals surface area contributed by atoms with Gasteiger partial charge in [-0.05, 0) is 48.0 Å². The third kappa shape index (κ3) is 6.13. The van der Waals surface area contributed by atoms with Gasteiger partial charge in [0.15, 0.2) is 6.61 Å². The summed E-state index contributed by atoms with van der Waals surface area (Å²) in [6.45, 7) is -0.171. The number of hydrogen-bond donors (Lipinski definition) is 2. The number of rotatable bonds is 8. The number of carboxylic acid groups (broad SMARTS) is 1. The highest BCUT2D eigenvalue weighted by atomic mass is 35.5. The van der Waals surface area contributed by atoms with Crippen LogP contribution < -0.4 is 10.2 Å². The Morgan fingerprint density at radius 1 is 1.15 bits per heavy atom. The Hall–Kier alpha value is -2.88. The molecular weight excluding hydrogens is 484 g/mol. The molecule has 170 valence electrons. The number of ether oxygens (including phenoxy) is 1. The third-order valence-corrected chi connectivity index (χ3v) is 8.07. The molecule has 0 spiro atoms. The van der Waals surface area contributed by atoms with Crippen molar-refractivity contribution in [2.45, 2.75) is 4.58 Å². The van der Waals surface area contributed by atoms with Crippen LogP contribution in [0.1, 0.15) is 26.3 Å². The molecule has 0 saturated carbocycles. The Labute approximate surface area is 203 Å². The molecule has 0 radical (unpaired) electrons. The number of hydrazone groups is 1. The van der Waals surface area contributed by atoms with Gasteiger partial charge in [0.25, 0.3) is 5.91 Å². The van der Waals surface area contributed by atoms with E-state index in [2.05, 4.69) is 10.5 Å². The molecule has 2 heterocycles. The predicted molar refractivity (Wildman–Crippen MR) is 131 cm³/mol. The number of amides is 1. The Kier molecular flexibility index (Phi) is 7.64. The molecule has 0 atom stereocenters. The fourth-order valence-corrected chi connectivity index (χ4v) is 6.10. The van der Waals surface area contributed by atoms with Crippen molar-refractivity contribution in [3.63, 3.8) is 0 Å². The molecule has 2 N–H and O–H groups in total. The van der Waals surface area contributed by atoms with Gasteiger partial charge in [0, 0.05) is 17.1 Å². The van der Waals surface area contributed by atoms with Crippen LogP contribution in [0.4, 0.5) is 0 Å². The Morgan fingerprint density at radius 3 is 2.64 bits per heavy atom. The maximum Gasteiger partial charge on any atom is 0.337 e. The first-order valence-electron chi connectivity index (χ1n) is 9.90. The topological polar surface area (TPSA) is 101 Å². The van der Waals surface area contributed by atoms with Crippen LogP contribution in [0, 0.1) is 0 Å². The SMILES string of the molecule is O=C(COc1ccc(C2SCCS2)cc1)N/N=C/c1ccc(-c2ccc(Cl)c(C(=O)O)c2)o1. The Morgan fingerprint density at radius 2 is 1.91 bits per heavy atom. The van der Waals surface area contributed by atoms with Crippen LogP contribution in [0.5, 0.6) is 5.75 Å². The Balaban J connectivity index is 1.27. The van der Waals surface area contributed by atoms with E-state index in [9.17, 15) is 14.7 Å². The van der Waals surface area contributed by atoms with Crippen molar-refractivity contribution in [3.05, 3.63) is 76.5 Å². The molecule has 1 aliphatic heterocycles. The first-order valence-corrected chi connectivity index (χ1v) is 12.4. The zero-order valence-electron chi connectivity index (χ0n) is 17.2. The standard InChI is InChI=1S/C23H19ClN2O5S2/c24-19-7-3-15(11-18(19)22(28)29)20-8-6-17(31-20)12-25-26-21(27)13-30-16-4-1-14(2-5-16)23-32-9-10-33-23/h1-8,11-12,23H,9-10,13H2,(H,26,27)(H,28,29)/b25-12+. The lowest BCUT2D eigenvalue weighted by atomic mass is 10.1. The van der Waals surface area contributed by atoms with Crippen molar-refractivity contribution in [3.8, 4) is 17.1 Å². The van der Waals surface area contributed by atoms with Gasteiger partial charge in [-0.25, -0.2) is 10.2 Å². The average Bonchev–Trinajstić information content (AvgIpc) is 3.51. The largest absolute Gasteiger partial charge is 0.484 e. The summed E-state index contributed by atoms with van der Waals surface area (Å²) in [7, 11) is 0. The number of nitrogens with zero attached hydrogens (tertiary/aromatic N) is 1. The highest BCUT2D eigenvalue weighted by molar-refractivity contribution is 8.19. The van der Waals surface area contributed by atoms with Crippen LogP contribution in [0.15, 0.2) is 64.1 Å². The third-order valence-electron chi connectivity index (χ3n) is 4.63. The molecule has 2 aromatic carbocycles. The lowest BCUT2D eigenvalue weighted by Crippen LogP contribution is -2.24. The monoisotopic (exact) mass is 502 g/mol. The summed E-state index contributed by atoms with van der Waals surface area (Å²) in [5.74, 6) is 2.25. The van der Waals surface area contributed by atoms with Crippen LogP contribution in [0.25, 0.3) is 11.3 Å². The number of aromatic carboxylic acids is 1. The van der Waals surface area contributed by atoms with Crippen LogP contribution >= 0.6 is 35.1 Å². The molecule has 0 aliphatic carbocycles. The van der Waals surface area contributed by atoms with Gasteiger partial charge < -0.3 is 14.3 Å². The van der Waals surface area contributed by atoms with Gasteiger partial charge in [0.2, 0.25) is 0 Å². The van der Waals surface area contributed by atoms with E-state index in [-0.39, 0.29) is 17.2 Å². The van der Waals surface area contributed by atoms with E-state index in [1.165, 1.54) is 35.4 Å². The van der Waals surface area contributed by atoms with Gasteiger partial charge in [0.05, 0.1) is 21.4 Å². The molecule has 1 fully saturated rings. The van der Waals surface area contributed by atoms with Crippen molar-refractivity contribution in [2.24, 2.45) is 5.10 Å². The van der Waals surface area contributed by atoms with Gasteiger partial charge in [-0.15, -0.1) is 23.5 Å². The number of halogens is 1. The van der Waals surface area contributed by atoms with E-state index in [0.717, 1.165) is 0 Å². The number of carbonyl (C=O) groups excluding carboxylic acids is 1. The number of carbonyl (C=O) groups is 2. The smallest absolute Gasteiger partial charge is 0.337 e. The van der Waals surface area contributed by atoms with E-state index in [1.54, 1.807) is 18.2 Å². The summed E-state index contributed by atoms with van der Waals surface area (Å²) in [5, 5.41) is 13.2. The first kappa shape index (κ1) is 23.3. The first-order chi connectivity index (χ1) is 16.0. The summed E-state index contributed by atoms with van der Waals surface area (Å²) in [6, 6.07) is 15.7. The van der Waals surface area contributed by atoms with Crippen LogP contribution in [0.3, 0.4) is 0 Å². The molecule has 0 unspecified atom stereocenters. The molecule has 7 nitrogen and oxygen atoms in total. The fraction of sp³-hybridized carbons (Fsp3) is 0.174. The van der Waals surface area contributed by atoms with Gasteiger partial charge in [-0.2, -0.15) is 5.10 Å². The highest BCUT2D eigenvalue weighted by Gasteiger charge is 2.18. The predicted octanol–water partition coefficient (Wildman–Crippen LogP) is 5.31. The van der Waals surface area contributed by atoms with Crippen molar-refractivity contribution < 1.29 is 23.8 Å². The van der Waals surface area contributed by atoms with Gasteiger partial charge in [0.1, 0.15) is 17.3 Å². The van der Waals surface area contributed by atoms with Crippen LogP contribution in [-0.2, 0) is 4.79 Å². The number of carboxylic acids is 1. The molecule has 1 amide bonds. The summed E-state index contributed by atoms with van der Waals surface area (Å²) >= 11 is 9.77. The minimum atomic E-state index is -1.12. The molecule has 0 bridgehead atoms. The van der Waals surface area contributed by atoms with Crippen LogP contribution in [0.2, 0.25) is 5.02 Å². The van der Waals surface area contributed by atoms with Gasteiger partial charge >= 0.3 is 5.97 Å². The van der Waals surface area contributed by atoms with Crippen molar-refractivity contribution in [1.29, 1.82) is 0 Å². The number of furan rings is 1. The van der Waals surface area contributed by atoms with E-state index in [0.29, 0.717) is 27.4 Å². The number of hydrogen-bond acceptors (Lipinski definition) is 7. The van der Waals surface area contributed by atoms with E-state index in [4.69, 9.17) is 20.8 Å². The van der Waals surface area contributed by atoms with Gasteiger partial charge in [-0.1, -0.05) is 23.7 Å².